The molecule has 1 amide bonds. The third-order valence-corrected chi connectivity index (χ3v) is 4.67. The van der Waals surface area contributed by atoms with Gasteiger partial charge in [-0.25, -0.2) is 4.39 Å². The number of hydrogen-bond donors (Lipinski definition) is 0. The minimum Gasteiger partial charge on any atom is -0.345 e. The van der Waals surface area contributed by atoms with Gasteiger partial charge in [0, 0.05) is 35.6 Å². The number of rotatable bonds is 7. The van der Waals surface area contributed by atoms with Crippen LogP contribution in [0.4, 0.5) is 4.39 Å². The molecule has 0 aliphatic carbocycles. The van der Waals surface area contributed by atoms with Gasteiger partial charge in [-0.05, 0) is 48.0 Å². The number of nitrogens with zero attached hydrogens (tertiary/aromatic N) is 2. The fraction of sp³-hybridized carbons (Fsp3) is 0.136. The van der Waals surface area contributed by atoms with Gasteiger partial charge in [0.1, 0.15) is 5.82 Å². The van der Waals surface area contributed by atoms with Gasteiger partial charge in [-0.3, -0.25) is 4.79 Å². The number of hydrogen-bond acceptors (Lipinski definition) is 1. The van der Waals surface area contributed by atoms with Gasteiger partial charge in [-0.15, -0.1) is 6.58 Å². The molecule has 3 nitrogen and oxygen atoms in total. The van der Waals surface area contributed by atoms with Crippen LogP contribution in [-0.4, -0.2) is 21.9 Å². The summed E-state index contributed by atoms with van der Waals surface area (Å²) in [5, 5.41) is 0.711. The molecule has 0 unspecified atom stereocenters. The summed E-state index contributed by atoms with van der Waals surface area (Å²) in [6.45, 7) is 5.18. The van der Waals surface area contributed by atoms with Gasteiger partial charge in [0.25, 0.3) is 5.91 Å². The molecule has 3 aromatic rings. The zero-order chi connectivity index (χ0) is 19.2. The molecule has 0 aliphatic rings. The summed E-state index contributed by atoms with van der Waals surface area (Å²) in [5.74, 6) is -0.532. The molecule has 0 atom stereocenters. The molecular formula is C22H20ClFN2O. The Morgan fingerprint density at radius 2 is 1.85 bits per heavy atom. The first-order valence-corrected chi connectivity index (χ1v) is 8.99. The standard InChI is InChI=1S/C22H20ClFN2O/c1-2-13-26(22(27)17-9-11-19(24)12-10-17)16-20-7-5-14-25(20)15-18-6-3-4-8-21(18)23/h2-12,14H,1,13,15-16H2. The lowest BCUT2D eigenvalue weighted by molar-refractivity contribution is 0.0759. The van der Waals surface area contributed by atoms with E-state index in [0.29, 0.717) is 30.2 Å². The molecule has 0 aliphatic heterocycles. The monoisotopic (exact) mass is 382 g/mol. The smallest absolute Gasteiger partial charge is 0.254 e. The van der Waals surface area contributed by atoms with Gasteiger partial charge in [0.15, 0.2) is 0 Å². The molecule has 0 bridgehead atoms. The lowest BCUT2D eigenvalue weighted by atomic mass is 10.2. The van der Waals surface area contributed by atoms with Gasteiger partial charge in [-0.1, -0.05) is 35.9 Å². The van der Waals surface area contributed by atoms with Crippen molar-refractivity contribution in [2.45, 2.75) is 13.1 Å². The molecule has 5 heteroatoms. The Morgan fingerprint density at radius 3 is 2.56 bits per heavy atom. The SMILES string of the molecule is C=CCN(Cc1cccn1Cc1ccccc1Cl)C(=O)c1ccc(F)cc1. The van der Waals surface area contributed by atoms with Crippen LogP contribution in [-0.2, 0) is 13.1 Å². The number of carbonyl (C=O) groups excluding carboxylic acids is 1. The number of carbonyl (C=O) groups is 1. The molecule has 2 aromatic carbocycles. The second-order valence-electron chi connectivity index (χ2n) is 6.20. The number of benzene rings is 2. The summed E-state index contributed by atoms with van der Waals surface area (Å²) in [6, 6.07) is 17.2. The Labute approximate surface area is 163 Å². The maximum atomic E-state index is 13.1. The van der Waals surface area contributed by atoms with Gasteiger partial charge < -0.3 is 9.47 Å². The highest BCUT2D eigenvalue weighted by Crippen LogP contribution is 2.19. The second kappa shape index (κ2) is 8.69. The summed E-state index contributed by atoms with van der Waals surface area (Å²) >= 11 is 6.27. The summed E-state index contributed by atoms with van der Waals surface area (Å²) in [6.07, 6.45) is 3.65. The van der Waals surface area contributed by atoms with E-state index in [-0.39, 0.29) is 11.7 Å². The van der Waals surface area contributed by atoms with Crippen LogP contribution in [0.3, 0.4) is 0 Å². The van der Waals surface area contributed by atoms with Crippen molar-refractivity contribution in [2.75, 3.05) is 6.54 Å². The van der Waals surface area contributed by atoms with Crippen LogP contribution < -0.4 is 0 Å². The lowest BCUT2D eigenvalue weighted by Crippen LogP contribution is -2.31. The fourth-order valence-corrected chi connectivity index (χ4v) is 3.10. The van der Waals surface area contributed by atoms with Crippen molar-refractivity contribution in [2.24, 2.45) is 0 Å². The van der Waals surface area contributed by atoms with Crippen LogP contribution in [0.25, 0.3) is 0 Å². The Balaban J connectivity index is 1.80. The van der Waals surface area contributed by atoms with Crippen molar-refractivity contribution in [3.05, 3.63) is 107 Å². The predicted molar refractivity (Wildman–Crippen MR) is 106 cm³/mol. The highest BCUT2D eigenvalue weighted by atomic mass is 35.5. The first-order chi connectivity index (χ1) is 13.1. The Kier molecular flexibility index (Phi) is 6.09. The molecule has 0 saturated heterocycles. The van der Waals surface area contributed by atoms with E-state index < -0.39 is 0 Å². The van der Waals surface area contributed by atoms with E-state index in [2.05, 4.69) is 11.1 Å². The van der Waals surface area contributed by atoms with Gasteiger partial charge in [0.05, 0.1) is 6.54 Å². The predicted octanol–water partition coefficient (Wildman–Crippen LogP) is 5.16. The fourth-order valence-electron chi connectivity index (χ4n) is 2.90. The largest absolute Gasteiger partial charge is 0.345 e. The summed E-state index contributed by atoms with van der Waals surface area (Å²) in [7, 11) is 0. The zero-order valence-electron chi connectivity index (χ0n) is 14.8. The highest BCUT2D eigenvalue weighted by molar-refractivity contribution is 6.31. The van der Waals surface area contributed by atoms with Crippen molar-refractivity contribution in [3.63, 3.8) is 0 Å². The first-order valence-electron chi connectivity index (χ1n) is 8.61. The van der Waals surface area contributed by atoms with Crippen LogP contribution >= 0.6 is 11.6 Å². The average molecular weight is 383 g/mol. The normalized spacial score (nSPS) is 10.6. The molecular weight excluding hydrogens is 363 g/mol. The van der Waals surface area contributed by atoms with E-state index in [1.165, 1.54) is 24.3 Å². The third-order valence-electron chi connectivity index (χ3n) is 4.30. The molecule has 0 radical (unpaired) electrons. The maximum absolute atomic E-state index is 13.1. The molecule has 0 spiro atoms. The number of amides is 1. The zero-order valence-corrected chi connectivity index (χ0v) is 15.6. The Morgan fingerprint density at radius 1 is 1.11 bits per heavy atom. The lowest BCUT2D eigenvalue weighted by Gasteiger charge is -2.22. The molecule has 1 heterocycles. The van der Waals surface area contributed by atoms with E-state index >= 15 is 0 Å². The van der Waals surface area contributed by atoms with E-state index in [1.54, 1.807) is 11.0 Å². The van der Waals surface area contributed by atoms with Crippen LogP contribution in [0.2, 0.25) is 5.02 Å². The number of halogens is 2. The van der Waals surface area contributed by atoms with Crippen molar-refractivity contribution in [1.82, 2.24) is 9.47 Å². The van der Waals surface area contributed by atoms with Crippen LogP contribution in [0, 0.1) is 5.82 Å². The van der Waals surface area contributed by atoms with E-state index in [9.17, 15) is 9.18 Å². The molecule has 27 heavy (non-hydrogen) atoms. The summed E-state index contributed by atoms with van der Waals surface area (Å²) < 4.78 is 15.2. The Bertz CT molecular complexity index is 933. The molecule has 138 valence electrons. The third kappa shape index (κ3) is 4.66. The van der Waals surface area contributed by atoms with Crippen LogP contribution in [0.1, 0.15) is 21.6 Å². The van der Waals surface area contributed by atoms with Crippen molar-refractivity contribution in [3.8, 4) is 0 Å². The van der Waals surface area contributed by atoms with E-state index in [0.717, 1.165) is 11.3 Å². The Hall–Kier alpha value is -2.85. The van der Waals surface area contributed by atoms with Crippen molar-refractivity contribution >= 4 is 17.5 Å². The van der Waals surface area contributed by atoms with Crippen molar-refractivity contribution < 1.29 is 9.18 Å². The summed E-state index contributed by atoms with van der Waals surface area (Å²) in [5.41, 5.74) is 2.44. The minimum absolute atomic E-state index is 0.166. The van der Waals surface area contributed by atoms with E-state index in [1.807, 2.05) is 42.6 Å². The topological polar surface area (TPSA) is 25.2 Å². The summed E-state index contributed by atoms with van der Waals surface area (Å²) in [4.78, 5) is 14.5. The molecule has 1 aromatic heterocycles. The first kappa shape index (κ1) is 18.9. The number of aromatic nitrogens is 1. The highest BCUT2D eigenvalue weighted by Gasteiger charge is 2.17. The van der Waals surface area contributed by atoms with Crippen LogP contribution in [0.15, 0.2) is 79.5 Å². The average Bonchev–Trinajstić information content (AvgIpc) is 3.10. The second-order valence-corrected chi connectivity index (χ2v) is 6.61. The maximum Gasteiger partial charge on any atom is 0.254 e. The molecule has 0 fully saturated rings. The molecule has 0 saturated carbocycles. The molecule has 3 rings (SSSR count). The van der Waals surface area contributed by atoms with Gasteiger partial charge in [-0.2, -0.15) is 0 Å². The molecule has 0 N–H and O–H groups in total. The van der Waals surface area contributed by atoms with Crippen molar-refractivity contribution in [1.29, 1.82) is 0 Å². The van der Waals surface area contributed by atoms with Gasteiger partial charge in [0.2, 0.25) is 0 Å². The van der Waals surface area contributed by atoms with Crippen LogP contribution in [0.5, 0.6) is 0 Å². The van der Waals surface area contributed by atoms with E-state index in [4.69, 9.17) is 11.6 Å². The quantitative estimate of drug-likeness (QED) is 0.518. The van der Waals surface area contributed by atoms with Gasteiger partial charge >= 0.3 is 0 Å². The minimum atomic E-state index is -0.365.